The maximum atomic E-state index is 12.4. The average molecular weight is 429 g/mol. The molecular weight excluding hydrogens is 400 g/mol. The number of aromatic nitrogens is 3. The molecule has 32 heavy (non-hydrogen) atoms. The highest BCUT2D eigenvalue weighted by Crippen LogP contribution is 2.24. The Hall–Kier alpha value is -3.67. The molecule has 0 bridgehead atoms. The predicted molar refractivity (Wildman–Crippen MR) is 126 cm³/mol. The number of benzene rings is 2. The molecule has 0 aliphatic carbocycles. The molecule has 2 heterocycles. The van der Waals surface area contributed by atoms with Gasteiger partial charge in [0.15, 0.2) is 0 Å². The second kappa shape index (κ2) is 9.22. The van der Waals surface area contributed by atoms with Gasteiger partial charge in [-0.3, -0.25) is 9.78 Å². The Kier molecular flexibility index (Phi) is 6.21. The molecule has 2 aromatic heterocycles. The van der Waals surface area contributed by atoms with Crippen molar-refractivity contribution in [2.45, 2.75) is 39.3 Å². The standard InChI is InChI=1S/C26H28N4O2/c1-26(2,3)20-10-12-21(13-11-20)32-16-15-30-23-9-5-4-8-22(23)29-24(30)18-28-25(31)19-7-6-14-27-17-19/h4-14,17H,15-16,18H2,1-3H3,(H,28,31). The van der Waals surface area contributed by atoms with Crippen LogP contribution in [0.1, 0.15) is 42.5 Å². The first-order valence-electron chi connectivity index (χ1n) is 10.8. The lowest BCUT2D eigenvalue weighted by atomic mass is 9.87. The molecule has 0 atom stereocenters. The van der Waals surface area contributed by atoms with E-state index in [1.54, 1.807) is 24.5 Å². The first kappa shape index (κ1) is 21.6. The summed E-state index contributed by atoms with van der Waals surface area (Å²) < 4.78 is 8.10. The Bertz CT molecular complexity index is 1190. The van der Waals surface area contributed by atoms with Gasteiger partial charge in [0.2, 0.25) is 0 Å². The van der Waals surface area contributed by atoms with Crippen molar-refractivity contribution in [2.75, 3.05) is 6.61 Å². The van der Waals surface area contributed by atoms with Crippen molar-refractivity contribution in [1.29, 1.82) is 0 Å². The Morgan fingerprint density at radius 2 is 1.81 bits per heavy atom. The SMILES string of the molecule is CC(C)(C)c1ccc(OCCn2c(CNC(=O)c3cccnc3)nc3ccccc32)cc1. The maximum absolute atomic E-state index is 12.4. The van der Waals surface area contributed by atoms with Crippen molar-refractivity contribution >= 4 is 16.9 Å². The van der Waals surface area contributed by atoms with Crippen molar-refractivity contribution in [1.82, 2.24) is 19.9 Å². The smallest absolute Gasteiger partial charge is 0.253 e. The molecule has 0 aliphatic rings. The van der Waals surface area contributed by atoms with Crippen LogP contribution in [0.25, 0.3) is 11.0 Å². The highest BCUT2D eigenvalue weighted by atomic mass is 16.5. The number of carbonyl (C=O) groups is 1. The third-order valence-electron chi connectivity index (χ3n) is 5.37. The van der Waals surface area contributed by atoms with Gasteiger partial charge in [0, 0.05) is 12.4 Å². The lowest BCUT2D eigenvalue weighted by Crippen LogP contribution is -2.25. The van der Waals surface area contributed by atoms with Crippen molar-refractivity contribution in [3.05, 3.63) is 90.0 Å². The molecule has 0 unspecified atom stereocenters. The summed E-state index contributed by atoms with van der Waals surface area (Å²) in [5.74, 6) is 1.45. The van der Waals surface area contributed by atoms with Crippen molar-refractivity contribution in [2.24, 2.45) is 0 Å². The third kappa shape index (κ3) is 4.97. The first-order valence-corrected chi connectivity index (χ1v) is 10.8. The van der Waals surface area contributed by atoms with E-state index in [9.17, 15) is 4.79 Å². The average Bonchev–Trinajstić information content (AvgIpc) is 3.15. The molecule has 1 amide bonds. The second-order valence-corrected chi connectivity index (χ2v) is 8.72. The van der Waals surface area contributed by atoms with Crippen molar-refractivity contribution in [3.63, 3.8) is 0 Å². The number of carbonyl (C=O) groups excluding carboxylic acids is 1. The molecule has 0 radical (unpaired) electrons. The summed E-state index contributed by atoms with van der Waals surface area (Å²) in [7, 11) is 0. The molecule has 164 valence electrons. The van der Waals surface area contributed by atoms with Crippen LogP contribution in [0.2, 0.25) is 0 Å². The van der Waals surface area contributed by atoms with Crippen LogP contribution in [0.5, 0.6) is 5.75 Å². The van der Waals surface area contributed by atoms with Gasteiger partial charge in [-0.05, 0) is 47.4 Å². The number of nitrogens with zero attached hydrogens (tertiary/aromatic N) is 3. The van der Waals surface area contributed by atoms with Crippen LogP contribution < -0.4 is 10.1 Å². The van der Waals surface area contributed by atoms with Gasteiger partial charge < -0.3 is 14.6 Å². The zero-order valence-corrected chi connectivity index (χ0v) is 18.7. The molecule has 4 rings (SSSR count). The van der Waals surface area contributed by atoms with Gasteiger partial charge >= 0.3 is 0 Å². The number of ether oxygens (including phenoxy) is 1. The number of para-hydroxylation sites is 2. The van der Waals surface area contributed by atoms with E-state index < -0.39 is 0 Å². The predicted octanol–water partition coefficient (Wildman–Crippen LogP) is 4.74. The van der Waals surface area contributed by atoms with Crippen LogP contribution in [-0.2, 0) is 18.5 Å². The second-order valence-electron chi connectivity index (χ2n) is 8.72. The van der Waals surface area contributed by atoms with Crippen LogP contribution in [0.15, 0.2) is 73.1 Å². The highest BCUT2D eigenvalue weighted by Gasteiger charge is 2.14. The van der Waals surface area contributed by atoms with Gasteiger partial charge in [-0.2, -0.15) is 0 Å². The quantitative estimate of drug-likeness (QED) is 0.462. The topological polar surface area (TPSA) is 69.0 Å². The van der Waals surface area contributed by atoms with E-state index in [0.29, 0.717) is 25.3 Å². The zero-order chi connectivity index (χ0) is 22.6. The monoisotopic (exact) mass is 428 g/mol. The molecule has 0 saturated heterocycles. The lowest BCUT2D eigenvalue weighted by Gasteiger charge is -2.19. The largest absolute Gasteiger partial charge is 0.492 e. The highest BCUT2D eigenvalue weighted by molar-refractivity contribution is 5.93. The number of fused-ring (bicyclic) bond motifs is 1. The first-order chi connectivity index (χ1) is 15.4. The normalized spacial score (nSPS) is 11.5. The fraction of sp³-hybridized carbons (Fsp3) is 0.269. The van der Waals surface area contributed by atoms with Crippen LogP contribution in [-0.4, -0.2) is 27.0 Å². The number of pyridine rings is 1. The molecule has 0 spiro atoms. The third-order valence-corrected chi connectivity index (χ3v) is 5.37. The fourth-order valence-electron chi connectivity index (χ4n) is 3.57. The van der Waals surface area contributed by atoms with Gasteiger partial charge in [-0.25, -0.2) is 4.98 Å². The Balaban J connectivity index is 1.45. The minimum Gasteiger partial charge on any atom is -0.492 e. The number of hydrogen-bond acceptors (Lipinski definition) is 4. The summed E-state index contributed by atoms with van der Waals surface area (Å²) in [4.78, 5) is 21.2. The van der Waals surface area contributed by atoms with Crippen LogP contribution in [0.4, 0.5) is 0 Å². The van der Waals surface area contributed by atoms with Gasteiger partial charge in [0.25, 0.3) is 5.91 Å². The zero-order valence-electron chi connectivity index (χ0n) is 18.7. The number of amides is 1. The number of hydrogen-bond donors (Lipinski definition) is 1. The van der Waals surface area contributed by atoms with Crippen molar-refractivity contribution in [3.8, 4) is 5.75 Å². The van der Waals surface area contributed by atoms with E-state index in [2.05, 4.69) is 47.8 Å². The van der Waals surface area contributed by atoms with Gasteiger partial charge in [-0.15, -0.1) is 0 Å². The molecule has 6 heteroatoms. The van der Waals surface area contributed by atoms with Gasteiger partial charge in [-0.1, -0.05) is 45.0 Å². The van der Waals surface area contributed by atoms with Crippen LogP contribution in [0, 0.1) is 0 Å². The lowest BCUT2D eigenvalue weighted by molar-refractivity contribution is 0.0949. The minimum absolute atomic E-state index is 0.114. The Labute approximate surface area is 188 Å². The molecule has 6 nitrogen and oxygen atoms in total. The Morgan fingerprint density at radius 3 is 2.53 bits per heavy atom. The van der Waals surface area contributed by atoms with E-state index in [4.69, 9.17) is 9.72 Å². The van der Waals surface area contributed by atoms with E-state index in [0.717, 1.165) is 22.6 Å². The summed E-state index contributed by atoms with van der Waals surface area (Å²) in [6.45, 7) is 8.03. The molecule has 2 aromatic carbocycles. The van der Waals surface area contributed by atoms with Crippen molar-refractivity contribution < 1.29 is 9.53 Å². The van der Waals surface area contributed by atoms with Gasteiger partial charge in [0.1, 0.15) is 18.2 Å². The summed E-state index contributed by atoms with van der Waals surface area (Å²) in [6.07, 6.45) is 3.20. The summed E-state index contributed by atoms with van der Waals surface area (Å²) in [5.41, 5.74) is 3.83. The summed E-state index contributed by atoms with van der Waals surface area (Å²) in [6, 6.07) is 19.7. The fourth-order valence-corrected chi connectivity index (χ4v) is 3.57. The number of imidazole rings is 1. The van der Waals surface area contributed by atoms with Crippen LogP contribution in [0.3, 0.4) is 0 Å². The summed E-state index contributed by atoms with van der Waals surface area (Å²) in [5, 5.41) is 2.94. The molecular formula is C26H28N4O2. The minimum atomic E-state index is -0.174. The number of nitrogens with one attached hydrogen (secondary N) is 1. The molecule has 0 fully saturated rings. The molecule has 4 aromatic rings. The molecule has 0 aliphatic heterocycles. The number of rotatable bonds is 7. The maximum Gasteiger partial charge on any atom is 0.253 e. The van der Waals surface area contributed by atoms with Gasteiger partial charge in [0.05, 0.1) is 29.7 Å². The van der Waals surface area contributed by atoms with E-state index in [-0.39, 0.29) is 11.3 Å². The molecule has 0 saturated carbocycles. The van der Waals surface area contributed by atoms with E-state index in [1.165, 1.54) is 5.56 Å². The Morgan fingerprint density at radius 1 is 1.03 bits per heavy atom. The molecule has 1 N–H and O–H groups in total. The van der Waals surface area contributed by atoms with Crippen LogP contribution >= 0.6 is 0 Å². The van der Waals surface area contributed by atoms with E-state index >= 15 is 0 Å². The summed E-state index contributed by atoms with van der Waals surface area (Å²) >= 11 is 0. The van der Waals surface area contributed by atoms with E-state index in [1.807, 2.05) is 36.4 Å².